The largest absolute Gasteiger partial charge is 0.299 e. The van der Waals surface area contributed by atoms with Crippen molar-refractivity contribution in [3.8, 4) is 0 Å². The summed E-state index contributed by atoms with van der Waals surface area (Å²) in [5, 5.41) is 0. The molecule has 4 fully saturated rings. The van der Waals surface area contributed by atoms with Crippen LogP contribution in [-0.4, -0.2) is 37.5 Å². The van der Waals surface area contributed by atoms with Crippen molar-refractivity contribution < 1.29 is 35.5 Å². The van der Waals surface area contributed by atoms with E-state index in [0.29, 0.717) is 25.7 Å². The van der Waals surface area contributed by atoms with Gasteiger partial charge in [0, 0.05) is 12.8 Å². The monoisotopic (exact) mass is 566 g/mol. The van der Waals surface area contributed by atoms with Gasteiger partial charge in [0.1, 0.15) is 11.6 Å². The molecule has 0 amide bonds. The van der Waals surface area contributed by atoms with Crippen molar-refractivity contribution in [2.24, 2.45) is 33.5 Å². The van der Waals surface area contributed by atoms with Crippen molar-refractivity contribution in [2.45, 2.75) is 66.2 Å². The summed E-state index contributed by atoms with van der Waals surface area (Å²) in [6.07, 6.45) is 3.44. The predicted octanol–water partition coefficient (Wildman–Crippen LogP) is 5.25. The van der Waals surface area contributed by atoms with E-state index in [-0.39, 0.29) is 33.2 Å². The van der Waals surface area contributed by atoms with Crippen molar-refractivity contribution in [2.75, 3.05) is 0 Å². The Bertz CT molecular complexity index is 1240. The highest BCUT2D eigenvalue weighted by molar-refractivity contribution is 7.90. The SMILES string of the molecule is C=C(C12CCC(CC1=O)C2(C)C)S(=O)(=O)O.C=C(C12CCC(CC1=O)C2(C)C)S(=O)(=O)O.c1ccccc1. The van der Waals surface area contributed by atoms with Crippen LogP contribution in [0.1, 0.15) is 66.2 Å². The second-order valence-electron chi connectivity index (χ2n) is 11.9. The summed E-state index contributed by atoms with van der Waals surface area (Å²) < 4.78 is 63.2. The predicted molar refractivity (Wildman–Crippen MR) is 145 cm³/mol. The molecule has 0 spiro atoms. The molecule has 10 heteroatoms. The van der Waals surface area contributed by atoms with Crippen LogP contribution in [0.15, 0.2) is 59.4 Å². The van der Waals surface area contributed by atoms with Crippen LogP contribution in [0, 0.1) is 33.5 Å². The summed E-state index contributed by atoms with van der Waals surface area (Å²) in [4.78, 5) is 23.4. The molecule has 1 aromatic carbocycles. The molecule has 5 rings (SSSR count). The molecule has 0 radical (unpaired) electrons. The molecule has 0 saturated heterocycles. The molecule has 0 aromatic heterocycles. The second-order valence-corrected chi connectivity index (χ2v) is 14.8. The fourth-order valence-electron chi connectivity index (χ4n) is 7.49. The average molecular weight is 567 g/mol. The second kappa shape index (κ2) is 9.80. The molecule has 210 valence electrons. The number of benzene rings is 1. The highest BCUT2D eigenvalue weighted by Crippen LogP contribution is 2.68. The van der Waals surface area contributed by atoms with Crippen LogP contribution in [0.5, 0.6) is 0 Å². The number of ketones is 2. The van der Waals surface area contributed by atoms with E-state index in [2.05, 4.69) is 13.2 Å². The van der Waals surface area contributed by atoms with Gasteiger partial charge in [0.2, 0.25) is 0 Å². The van der Waals surface area contributed by atoms with Crippen LogP contribution in [0.4, 0.5) is 0 Å². The molecular formula is C28H38O8S2. The minimum absolute atomic E-state index is 0.0867. The Morgan fingerprint density at radius 3 is 1.11 bits per heavy atom. The molecule has 4 unspecified atom stereocenters. The summed E-state index contributed by atoms with van der Waals surface area (Å²) in [5.41, 5.74) is -2.97. The smallest absolute Gasteiger partial charge is 0.291 e. The Morgan fingerprint density at radius 1 is 0.684 bits per heavy atom. The lowest BCUT2D eigenvalue weighted by atomic mass is 9.69. The summed E-state index contributed by atoms with van der Waals surface area (Å²) >= 11 is 0. The van der Waals surface area contributed by atoms with Gasteiger partial charge in [0.05, 0.1) is 20.6 Å². The first-order valence-corrected chi connectivity index (χ1v) is 15.6. The maximum Gasteiger partial charge on any atom is 0.291 e. The molecule has 38 heavy (non-hydrogen) atoms. The number of allylic oxidation sites excluding steroid dienone is 2. The number of rotatable bonds is 4. The van der Waals surface area contributed by atoms with Crippen molar-refractivity contribution in [3.05, 3.63) is 59.4 Å². The lowest BCUT2D eigenvalue weighted by Gasteiger charge is -2.36. The third-order valence-electron chi connectivity index (χ3n) is 10.0. The molecule has 8 nitrogen and oxygen atoms in total. The van der Waals surface area contributed by atoms with Gasteiger partial charge in [-0.15, -0.1) is 0 Å². The third kappa shape index (κ3) is 4.53. The molecular weight excluding hydrogens is 528 g/mol. The molecule has 2 N–H and O–H groups in total. The Kier molecular flexibility index (Phi) is 7.84. The molecule has 4 aliphatic rings. The first kappa shape index (κ1) is 30.4. The zero-order chi connectivity index (χ0) is 28.9. The van der Waals surface area contributed by atoms with Crippen LogP contribution in [0.2, 0.25) is 0 Å². The summed E-state index contributed by atoms with van der Waals surface area (Å²) in [7, 11) is -8.70. The molecule has 4 saturated carbocycles. The van der Waals surface area contributed by atoms with Crippen molar-refractivity contribution in [1.29, 1.82) is 0 Å². The number of carbonyl (C=O) groups excluding carboxylic acids is 2. The third-order valence-corrected chi connectivity index (χ3v) is 12.0. The minimum atomic E-state index is -4.35. The van der Waals surface area contributed by atoms with Crippen molar-refractivity contribution in [1.82, 2.24) is 0 Å². The maximum absolute atomic E-state index is 12.0. The van der Waals surface area contributed by atoms with Gasteiger partial charge >= 0.3 is 0 Å². The highest BCUT2D eigenvalue weighted by Gasteiger charge is 2.68. The summed E-state index contributed by atoms with van der Waals surface area (Å²) in [5.74, 6) is 0.241. The van der Waals surface area contributed by atoms with Crippen LogP contribution in [0.3, 0.4) is 0 Å². The summed E-state index contributed by atoms with van der Waals surface area (Å²) in [6.45, 7) is 14.5. The quantitative estimate of drug-likeness (QED) is 0.470. The van der Waals surface area contributed by atoms with Crippen LogP contribution in [-0.2, 0) is 29.8 Å². The van der Waals surface area contributed by atoms with Gasteiger partial charge in [-0.2, -0.15) is 16.8 Å². The Balaban J connectivity index is 0.000000173. The van der Waals surface area contributed by atoms with E-state index in [9.17, 15) is 26.4 Å². The van der Waals surface area contributed by atoms with E-state index in [1.54, 1.807) is 0 Å². The zero-order valence-electron chi connectivity index (χ0n) is 22.4. The van der Waals surface area contributed by atoms with E-state index in [1.165, 1.54) is 0 Å². The Hall–Kier alpha value is -2.14. The van der Waals surface area contributed by atoms with Crippen molar-refractivity contribution in [3.63, 3.8) is 0 Å². The standard InChI is InChI=1S/2C11H16O4S.C6H6/c2*1-7(16(13,14)15)11-5-4-8(6-9(11)12)10(11,2)3;1-2-4-6-5-3-1/h2*8H,1,4-6H2,2-3H3,(H,13,14,15);1-6H. The molecule has 0 aliphatic heterocycles. The van der Waals surface area contributed by atoms with E-state index < -0.39 is 41.9 Å². The van der Waals surface area contributed by atoms with Crippen LogP contribution < -0.4 is 0 Å². The Labute approximate surface area is 226 Å². The normalized spacial score (nSPS) is 32.2. The number of hydrogen-bond acceptors (Lipinski definition) is 6. The molecule has 0 heterocycles. The molecule has 4 atom stereocenters. The number of Topliss-reactive ketones (excluding diaryl/α,β-unsaturated/α-hetero) is 2. The van der Waals surface area contributed by atoms with Gasteiger partial charge in [0.25, 0.3) is 20.2 Å². The van der Waals surface area contributed by atoms with E-state index in [0.717, 1.165) is 12.8 Å². The topological polar surface area (TPSA) is 143 Å². The van der Waals surface area contributed by atoms with E-state index in [1.807, 2.05) is 64.1 Å². The Morgan fingerprint density at radius 2 is 0.947 bits per heavy atom. The van der Waals surface area contributed by atoms with E-state index in [4.69, 9.17) is 9.11 Å². The molecule has 4 aliphatic carbocycles. The zero-order valence-corrected chi connectivity index (χ0v) is 24.1. The first-order chi connectivity index (χ1) is 17.3. The average Bonchev–Trinajstić information content (AvgIpc) is 3.38. The van der Waals surface area contributed by atoms with Crippen molar-refractivity contribution >= 4 is 31.8 Å². The van der Waals surface area contributed by atoms with Gasteiger partial charge < -0.3 is 0 Å². The fourth-order valence-corrected chi connectivity index (χ4v) is 9.32. The minimum Gasteiger partial charge on any atom is -0.299 e. The number of carbonyl (C=O) groups is 2. The van der Waals surface area contributed by atoms with Gasteiger partial charge in [-0.05, 0) is 48.3 Å². The maximum atomic E-state index is 12.0. The molecule has 1 aromatic rings. The lowest BCUT2D eigenvalue weighted by molar-refractivity contribution is -0.127. The lowest BCUT2D eigenvalue weighted by Crippen LogP contribution is -2.39. The molecule has 4 bridgehead atoms. The number of hydrogen-bond donors (Lipinski definition) is 2. The van der Waals surface area contributed by atoms with Gasteiger partial charge in [0.15, 0.2) is 0 Å². The van der Waals surface area contributed by atoms with Gasteiger partial charge in [-0.3, -0.25) is 18.7 Å². The highest BCUT2D eigenvalue weighted by atomic mass is 32.2. The van der Waals surface area contributed by atoms with Crippen LogP contribution >= 0.6 is 0 Å². The van der Waals surface area contributed by atoms with Crippen LogP contribution in [0.25, 0.3) is 0 Å². The number of fused-ring (bicyclic) bond motifs is 4. The fraction of sp³-hybridized carbons (Fsp3) is 0.571. The first-order valence-electron chi connectivity index (χ1n) is 12.7. The summed E-state index contributed by atoms with van der Waals surface area (Å²) in [6, 6.07) is 12.0. The van der Waals surface area contributed by atoms with E-state index >= 15 is 0 Å². The van der Waals surface area contributed by atoms with Gasteiger partial charge in [-0.25, -0.2) is 0 Å². The van der Waals surface area contributed by atoms with Gasteiger partial charge in [-0.1, -0.05) is 77.3 Å².